The van der Waals surface area contributed by atoms with Crippen LogP contribution in [-0.4, -0.2) is 24.8 Å². The largest absolute Gasteiger partial charge is 0.504 e. The van der Waals surface area contributed by atoms with Gasteiger partial charge in [-0.3, -0.25) is 0 Å². The summed E-state index contributed by atoms with van der Waals surface area (Å²) < 4.78 is 4.33. The third-order valence-corrected chi connectivity index (χ3v) is 13.7. The molecular formula is C62H64MoN4O. The number of nitrogens with one attached hydrogen (secondary N) is 1. The molecule has 4 aliphatic carbocycles. The summed E-state index contributed by atoms with van der Waals surface area (Å²) in [6.07, 6.45) is 12.3. The van der Waals surface area contributed by atoms with Crippen molar-refractivity contribution in [3.05, 3.63) is 224 Å². The summed E-state index contributed by atoms with van der Waals surface area (Å²) in [5, 5.41) is 12.2. The van der Waals surface area contributed by atoms with Crippen LogP contribution in [0, 0.1) is 17.8 Å². The fourth-order valence-corrected chi connectivity index (χ4v) is 11.0. The second-order valence-corrected chi connectivity index (χ2v) is 19.8. The molecule has 4 N–H and O–H groups in total. The van der Waals surface area contributed by atoms with Crippen molar-refractivity contribution in [2.75, 3.05) is 0 Å². The molecule has 68 heavy (non-hydrogen) atoms. The summed E-state index contributed by atoms with van der Waals surface area (Å²) in [7, 11) is 0. The fourth-order valence-electron chi connectivity index (χ4n) is 11.0. The van der Waals surface area contributed by atoms with E-state index in [4.69, 9.17) is 5.73 Å². The average Bonchev–Trinajstić information content (AvgIpc) is 4.16. The maximum absolute atomic E-state index is 12.2. The summed E-state index contributed by atoms with van der Waals surface area (Å²) in [5.41, 5.74) is 18.1. The van der Waals surface area contributed by atoms with Gasteiger partial charge in [-0.2, -0.15) is 0 Å². The molecule has 13 rings (SSSR count). The van der Waals surface area contributed by atoms with E-state index in [9.17, 15) is 5.11 Å². The summed E-state index contributed by atoms with van der Waals surface area (Å²) in [6.45, 7) is 6.67. The van der Waals surface area contributed by atoms with E-state index >= 15 is 0 Å². The molecule has 4 aliphatic rings. The maximum Gasteiger partial charge on any atom is 0.163 e. The predicted octanol–water partition coefficient (Wildman–Crippen LogP) is 15.6. The van der Waals surface area contributed by atoms with Crippen LogP contribution >= 0.6 is 0 Å². The predicted molar refractivity (Wildman–Crippen MR) is 280 cm³/mol. The van der Waals surface area contributed by atoms with E-state index in [0.29, 0.717) is 11.0 Å². The van der Waals surface area contributed by atoms with Crippen molar-refractivity contribution in [2.24, 2.45) is 23.5 Å². The van der Waals surface area contributed by atoms with Crippen molar-refractivity contribution in [3.8, 4) is 62.2 Å². The number of hydrogen-bond donors (Lipinski definition) is 3. The van der Waals surface area contributed by atoms with Gasteiger partial charge < -0.3 is 25.0 Å². The normalized spacial score (nSPS) is 18.7. The van der Waals surface area contributed by atoms with Crippen molar-refractivity contribution in [2.45, 2.75) is 70.3 Å². The molecule has 344 valence electrons. The number of H-pyrrole nitrogens is 1. The summed E-state index contributed by atoms with van der Waals surface area (Å²) in [6, 6.07) is 70.3. The Kier molecular flexibility index (Phi) is 15.3. The van der Waals surface area contributed by atoms with Crippen LogP contribution in [0.25, 0.3) is 56.4 Å². The van der Waals surface area contributed by atoms with Gasteiger partial charge in [0.1, 0.15) is 0 Å². The minimum Gasteiger partial charge on any atom is -0.504 e. The Labute approximate surface area is 418 Å². The van der Waals surface area contributed by atoms with Gasteiger partial charge in [0, 0.05) is 39.0 Å². The molecule has 0 atom stereocenters. The summed E-state index contributed by atoms with van der Waals surface area (Å²) in [5.74, 6) is 3.27. The molecular weight excluding hydrogens is 913 g/mol. The maximum atomic E-state index is 12.2. The van der Waals surface area contributed by atoms with Crippen molar-refractivity contribution in [3.63, 3.8) is 0 Å². The van der Waals surface area contributed by atoms with E-state index in [1.807, 2.05) is 116 Å². The number of hydrogen-bond acceptors (Lipinski definition) is 2. The number of aromatic amines is 1. The Hall–Kier alpha value is -6.39. The minimum atomic E-state index is 0. The Morgan fingerprint density at radius 1 is 0.441 bits per heavy atom. The zero-order valence-electron chi connectivity index (χ0n) is 39.6. The third kappa shape index (κ3) is 11.1. The summed E-state index contributed by atoms with van der Waals surface area (Å²) in [4.78, 5) is 2.86. The van der Waals surface area contributed by atoms with Gasteiger partial charge in [0.05, 0.1) is 34.2 Å². The second kappa shape index (κ2) is 21.7. The van der Waals surface area contributed by atoms with Crippen molar-refractivity contribution in [1.29, 1.82) is 0 Å². The van der Waals surface area contributed by atoms with Crippen molar-refractivity contribution >= 4 is 0 Å². The standard InChI is InChI=1S/C38H28N2O.C10H17N.C10H14.C4H5N.Mo/c41-38-36(39-32(28-14-5-1-6-15-28)24-25-33(39)29-16-7-2-8-17-29)22-13-23-37(38)40-34(30-18-9-3-10-19-30)26-27-35(40)31-20-11-4-12-21-31;11-10-4-7-1-8(5-10)3-9(2-7)6-10;1-10(2,3)9-7-5-4-6-8-9;1-2-4-5-3-1;/h1-27,41H;7-9H,1-6,11H2;4-8H,1-3H3;1-5H;. The van der Waals surface area contributed by atoms with Gasteiger partial charge in [-0.25, -0.2) is 0 Å². The number of para-hydroxylation sites is 1. The van der Waals surface area contributed by atoms with Gasteiger partial charge in [0.25, 0.3) is 0 Å². The average molecular weight is 977 g/mol. The van der Waals surface area contributed by atoms with Crippen LogP contribution in [0.1, 0.15) is 64.9 Å². The number of nitrogens with zero attached hydrogens (tertiary/aromatic N) is 2. The Morgan fingerprint density at radius 3 is 1.00 bits per heavy atom. The number of phenols is 1. The van der Waals surface area contributed by atoms with E-state index < -0.39 is 0 Å². The number of aromatic nitrogens is 3. The minimum absolute atomic E-state index is 0. The van der Waals surface area contributed by atoms with Gasteiger partial charge in [-0.1, -0.05) is 178 Å². The molecule has 0 aliphatic heterocycles. The second-order valence-electron chi connectivity index (χ2n) is 19.8. The van der Waals surface area contributed by atoms with Gasteiger partial charge in [0.15, 0.2) is 5.75 Å². The number of benzene rings is 6. The first kappa shape index (κ1) is 48.1. The molecule has 0 unspecified atom stereocenters. The number of rotatable bonds is 6. The molecule has 9 aromatic rings. The Bertz CT molecular complexity index is 2610. The monoisotopic (exact) mass is 978 g/mol. The smallest absolute Gasteiger partial charge is 0.163 e. The van der Waals surface area contributed by atoms with E-state index in [1.54, 1.807) is 0 Å². The molecule has 5 nitrogen and oxygen atoms in total. The zero-order chi connectivity index (χ0) is 46.2. The molecule has 0 radical (unpaired) electrons. The SMILES string of the molecule is CC(C)(C)c1ccccc1.NC12CC3CC(CC(C3)C1)C2.Oc1c(-n2c(-c3ccccc3)ccc2-c2ccccc2)cccc1-n1c(-c2ccccc2)ccc1-c1ccccc1.[Mo].c1cc[nH]c1. The first-order chi connectivity index (χ1) is 32.6. The zero-order valence-corrected chi connectivity index (χ0v) is 41.6. The van der Waals surface area contributed by atoms with Gasteiger partial charge in [-0.05, 0) is 138 Å². The Balaban J connectivity index is 0.000000185. The van der Waals surface area contributed by atoms with E-state index in [1.165, 1.54) is 44.1 Å². The molecule has 0 spiro atoms. The van der Waals surface area contributed by atoms with E-state index in [2.05, 4.69) is 138 Å². The molecule has 4 saturated carbocycles. The van der Waals surface area contributed by atoms with Crippen LogP contribution in [0.15, 0.2) is 219 Å². The number of aromatic hydroxyl groups is 1. The number of nitrogens with two attached hydrogens (primary N) is 1. The molecule has 4 bridgehead atoms. The third-order valence-electron chi connectivity index (χ3n) is 13.7. The molecule has 0 amide bonds. The first-order valence-corrected chi connectivity index (χ1v) is 24.0. The van der Waals surface area contributed by atoms with Crippen LogP contribution in [0.4, 0.5) is 0 Å². The molecule has 0 saturated heterocycles. The van der Waals surface area contributed by atoms with Crippen molar-refractivity contribution < 1.29 is 26.2 Å². The van der Waals surface area contributed by atoms with Gasteiger partial charge in [-0.15, -0.1) is 0 Å². The topological polar surface area (TPSA) is 71.9 Å². The fraction of sp³-hybridized carbons (Fsp3) is 0.226. The molecule has 6 aromatic carbocycles. The molecule has 3 heterocycles. The first-order valence-electron chi connectivity index (χ1n) is 24.0. The van der Waals surface area contributed by atoms with Crippen LogP contribution < -0.4 is 5.73 Å². The molecule has 6 heteroatoms. The van der Waals surface area contributed by atoms with Crippen LogP contribution in [0.2, 0.25) is 0 Å². The van der Waals surface area contributed by atoms with Crippen LogP contribution in [-0.2, 0) is 26.5 Å². The van der Waals surface area contributed by atoms with E-state index in [-0.39, 0.29) is 26.8 Å². The van der Waals surface area contributed by atoms with Crippen LogP contribution in [0.3, 0.4) is 0 Å². The van der Waals surface area contributed by atoms with Crippen molar-refractivity contribution in [1.82, 2.24) is 14.1 Å². The Morgan fingerprint density at radius 2 is 0.750 bits per heavy atom. The molecule has 3 aromatic heterocycles. The quantitative estimate of drug-likeness (QED) is 0.145. The summed E-state index contributed by atoms with van der Waals surface area (Å²) >= 11 is 0. The van der Waals surface area contributed by atoms with Gasteiger partial charge >= 0.3 is 0 Å². The van der Waals surface area contributed by atoms with Crippen LogP contribution in [0.5, 0.6) is 5.75 Å². The van der Waals surface area contributed by atoms with Gasteiger partial charge in [0.2, 0.25) is 0 Å². The van der Waals surface area contributed by atoms with E-state index in [0.717, 1.165) is 74.2 Å². The molecule has 4 fully saturated rings. The number of phenolic OH excluding ortho intramolecular Hbond substituents is 1.